The lowest BCUT2D eigenvalue weighted by Crippen LogP contribution is -1.96. The Labute approximate surface area is 181 Å². The number of nitrogens with zero attached hydrogens (tertiary/aromatic N) is 2. The van der Waals surface area contributed by atoms with Gasteiger partial charge in [0.25, 0.3) is 0 Å². The van der Waals surface area contributed by atoms with E-state index < -0.39 is 5.97 Å². The minimum atomic E-state index is -0.993. The fourth-order valence-electron chi connectivity index (χ4n) is 3.46. The second-order valence-corrected chi connectivity index (χ2v) is 6.88. The van der Waals surface area contributed by atoms with Crippen LogP contribution in [0.5, 0.6) is 0 Å². The van der Waals surface area contributed by atoms with Crippen molar-refractivity contribution in [3.63, 3.8) is 0 Å². The highest BCUT2D eigenvalue weighted by Crippen LogP contribution is 2.35. The van der Waals surface area contributed by atoms with Gasteiger partial charge in [-0.15, -0.1) is 0 Å². The van der Waals surface area contributed by atoms with Gasteiger partial charge in [0.05, 0.1) is 23.3 Å². The molecule has 3 aromatic rings. The van der Waals surface area contributed by atoms with Crippen LogP contribution in [-0.4, -0.2) is 11.1 Å². The van der Waals surface area contributed by atoms with E-state index in [-0.39, 0.29) is 0 Å². The van der Waals surface area contributed by atoms with Crippen LogP contribution in [-0.2, 0) is 4.79 Å². The van der Waals surface area contributed by atoms with Crippen LogP contribution in [0.4, 0.5) is 0 Å². The van der Waals surface area contributed by atoms with Gasteiger partial charge in [-0.05, 0) is 76.2 Å². The summed E-state index contributed by atoms with van der Waals surface area (Å²) in [4.78, 5) is 10.9. The van der Waals surface area contributed by atoms with Gasteiger partial charge in [0, 0.05) is 6.08 Å². The third-order valence-corrected chi connectivity index (χ3v) is 4.91. The number of hydrogen-bond acceptors (Lipinski definition) is 3. The molecule has 4 nitrogen and oxygen atoms in total. The van der Waals surface area contributed by atoms with Crippen LogP contribution in [0.2, 0.25) is 0 Å². The maximum atomic E-state index is 10.9. The van der Waals surface area contributed by atoms with E-state index >= 15 is 0 Å². The first kappa shape index (κ1) is 21.3. The molecule has 0 saturated carbocycles. The van der Waals surface area contributed by atoms with Crippen LogP contribution >= 0.6 is 0 Å². The largest absolute Gasteiger partial charge is 0.478 e. The van der Waals surface area contributed by atoms with E-state index in [4.69, 9.17) is 15.6 Å². The Morgan fingerprint density at radius 2 is 1.42 bits per heavy atom. The molecule has 0 unspecified atom stereocenters. The predicted octanol–water partition coefficient (Wildman–Crippen LogP) is 5.90. The van der Waals surface area contributed by atoms with Crippen molar-refractivity contribution in [2.24, 2.45) is 0 Å². The molecular weight excluding hydrogens is 384 g/mol. The molecule has 0 saturated heterocycles. The number of benzene rings is 3. The van der Waals surface area contributed by atoms with Crippen LogP contribution in [0.25, 0.3) is 17.2 Å². The third kappa shape index (κ3) is 5.15. The van der Waals surface area contributed by atoms with Crippen molar-refractivity contribution in [2.75, 3.05) is 0 Å². The fourth-order valence-corrected chi connectivity index (χ4v) is 3.46. The molecule has 0 spiro atoms. The van der Waals surface area contributed by atoms with Crippen molar-refractivity contribution in [3.05, 3.63) is 112 Å². The van der Waals surface area contributed by atoms with Gasteiger partial charge in [0.1, 0.15) is 0 Å². The van der Waals surface area contributed by atoms with E-state index in [0.717, 1.165) is 45.9 Å². The van der Waals surface area contributed by atoms with Crippen molar-refractivity contribution in [3.8, 4) is 12.1 Å². The van der Waals surface area contributed by atoms with E-state index in [1.807, 2.05) is 48.5 Å². The van der Waals surface area contributed by atoms with Crippen LogP contribution < -0.4 is 0 Å². The Bertz CT molecular complexity index is 1180. The topological polar surface area (TPSA) is 84.9 Å². The third-order valence-electron chi connectivity index (χ3n) is 4.91. The van der Waals surface area contributed by atoms with E-state index in [1.165, 1.54) is 0 Å². The molecule has 0 aliphatic rings. The molecule has 31 heavy (non-hydrogen) atoms. The summed E-state index contributed by atoms with van der Waals surface area (Å²) in [5.41, 5.74) is 6.97. The molecule has 0 aliphatic heterocycles. The van der Waals surface area contributed by atoms with Gasteiger partial charge in [-0.2, -0.15) is 10.5 Å². The van der Waals surface area contributed by atoms with E-state index in [9.17, 15) is 4.79 Å². The molecule has 1 N–H and O–H groups in total. The maximum Gasteiger partial charge on any atom is 0.328 e. The van der Waals surface area contributed by atoms with Gasteiger partial charge in [-0.3, -0.25) is 0 Å². The first-order valence-electron chi connectivity index (χ1n) is 9.81. The average Bonchev–Trinajstić information content (AvgIpc) is 2.81. The zero-order valence-electron chi connectivity index (χ0n) is 17.0. The minimum absolute atomic E-state index is 0.585. The Hall–Kier alpha value is -4.41. The molecular formula is C27H20N2O2. The summed E-state index contributed by atoms with van der Waals surface area (Å²) in [7, 11) is 0. The van der Waals surface area contributed by atoms with Gasteiger partial charge in [0.2, 0.25) is 0 Å². The SMILES string of the molecule is CCC(=C(c1ccc(C#N)cc1)c1ccc(C#N)cc1)c1cccc(C=CC(=O)O)c1. The first-order chi connectivity index (χ1) is 15.0. The maximum absolute atomic E-state index is 10.9. The quantitative estimate of drug-likeness (QED) is 0.410. The minimum Gasteiger partial charge on any atom is -0.478 e. The van der Waals surface area contributed by atoms with Crippen molar-refractivity contribution in [1.82, 2.24) is 0 Å². The number of aliphatic carboxylic acids is 1. The fraction of sp³-hybridized carbons (Fsp3) is 0.0741. The lowest BCUT2D eigenvalue weighted by Gasteiger charge is -2.17. The van der Waals surface area contributed by atoms with Crippen LogP contribution in [0, 0.1) is 22.7 Å². The normalized spacial score (nSPS) is 10.3. The standard InChI is InChI=1S/C27H20N2O2/c1-2-25(24-5-3-4-19(16-24)10-15-26(30)31)27(22-11-6-20(17-28)7-12-22)23-13-8-21(18-29)9-14-23/h3-16H,2H2,1H3,(H,30,31). The Morgan fingerprint density at radius 1 is 0.871 bits per heavy atom. The molecule has 150 valence electrons. The summed E-state index contributed by atoms with van der Waals surface area (Å²) < 4.78 is 0. The van der Waals surface area contributed by atoms with E-state index in [1.54, 1.807) is 30.3 Å². The molecule has 0 bridgehead atoms. The lowest BCUT2D eigenvalue weighted by molar-refractivity contribution is -0.131. The first-order valence-corrected chi connectivity index (χ1v) is 9.81. The van der Waals surface area contributed by atoms with Crippen molar-refractivity contribution in [1.29, 1.82) is 10.5 Å². The lowest BCUT2D eigenvalue weighted by atomic mass is 9.87. The summed E-state index contributed by atoms with van der Waals surface area (Å²) in [6.45, 7) is 2.07. The number of carbonyl (C=O) groups is 1. The molecule has 0 heterocycles. The molecule has 3 rings (SSSR count). The zero-order chi connectivity index (χ0) is 22.2. The van der Waals surface area contributed by atoms with Crippen LogP contribution in [0.1, 0.15) is 46.7 Å². The molecule has 0 aromatic heterocycles. The molecule has 0 fully saturated rings. The number of nitriles is 2. The number of carboxylic acid groups (broad SMARTS) is 1. The summed E-state index contributed by atoms with van der Waals surface area (Å²) in [5, 5.41) is 27.2. The van der Waals surface area contributed by atoms with Crippen molar-refractivity contribution < 1.29 is 9.90 Å². The highest BCUT2D eigenvalue weighted by atomic mass is 16.4. The second-order valence-electron chi connectivity index (χ2n) is 6.88. The zero-order valence-corrected chi connectivity index (χ0v) is 17.0. The predicted molar refractivity (Wildman–Crippen MR) is 122 cm³/mol. The molecule has 0 amide bonds. The van der Waals surface area contributed by atoms with Gasteiger partial charge in [0.15, 0.2) is 0 Å². The van der Waals surface area contributed by atoms with Gasteiger partial charge < -0.3 is 5.11 Å². The second kappa shape index (κ2) is 9.87. The smallest absolute Gasteiger partial charge is 0.328 e. The van der Waals surface area contributed by atoms with Gasteiger partial charge >= 0.3 is 5.97 Å². The molecule has 0 radical (unpaired) electrons. The Morgan fingerprint density at radius 3 is 1.87 bits per heavy atom. The van der Waals surface area contributed by atoms with Crippen LogP contribution in [0.3, 0.4) is 0 Å². The summed E-state index contributed by atoms with van der Waals surface area (Å²) in [6.07, 6.45) is 3.43. The van der Waals surface area contributed by atoms with E-state index in [2.05, 4.69) is 19.1 Å². The Balaban J connectivity index is 2.23. The highest BCUT2D eigenvalue weighted by molar-refractivity contribution is 5.99. The molecule has 0 aliphatic carbocycles. The molecule has 0 atom stereocenters. The Kier molecular flexibility index (Phi) is 6.78. The average molecular weight is 404 g/mol. The van der Waals surface area contributed by atoms with Gasteiger partial charge in [-0.25, -0.2) is 4.79 Å². The highest BCUT2D eigenvalue weighted by Gasteiger charge is 2.14. The summed E-state index contributed by atoms with van der Waals surface area (Å²) in [5.74, 6) is -0.993. The number of allylic oxidation sites excluding steroid dienone is 1. The van der Waals surface area contributed by atoms with Crippen molar-refractivity contribution >= 4 is 23.2 Å². The summed E-state index contributed by atoms with van der Waals surface area (Å²) in [6, 6.07) is 26.9. The number of rotatable bonds is 6. The van der Waals surface area contributed by atoms with E-state index in [0.29, 0.717) is 11.1 Å². The number of hydrogen-bond donors (Lipinski definition) is 1. The van der Waals surface area contributed by atoms with Crippen molar-refractivity contribution in [2.45, 2.75) is 13.3 Å². The number of carboxylic acids is 1. The molecule has 3 aromatic carbocycles. The van der Waals surface area contributed by atoms with Gasteiger partial charge in [-0.1, -0.05) is 49.4 Å². The monoisotopic (exact) mass is 404 g/mol. The van der Waals surface area contributed by atoms with Crippen LogP contribution in [0.15, 0.2) is 78.9 Å². The summed E-state index contributed by atoms with van der Waals surface area (Å²) >= 11 is 0. The molecule has 4 heteroatoms.